The largest absolute Gasteiger partial charge is 0.461 e. The maximum absolute atomic E-state index is 12.6. The van der Waals surface area contributed by atoms with E-state index in [1.807, 2.05) is 23.6 Å². The van der Waals surface area contributed by atoms with Gasteiger partial charge < -0.3 is 8.98 Å². The van der Waals surface area contributed by atoms with Gasteiger partial charge in [0.2, 0.25) is 0 Å². The zero-order valence-electron chi connectivity index (χ0n) is 19.4. The van der Waals surface area contributed by atoms with Crippen LogP contribution in [-0.4, -0.2) is 33.9 Å². The van der Waals surface area contributed by atoms with Gasteiger partial charge in [0.05, 0.1) is 12.0 Å². The zero-order chi connectivity index (χ0) is 23.5. The molecular formula is C22H29N7O3S. The van der Waals surface area contributed by atoms with Gasteiger partial charge in [-0.05, 0) is 31.4 Å². The van der Waals surface area contributed by atoms with Gasteiger partial charge >= 0.3 is 5.69 Å². The third kappa shape index (κ3) is 4.54. The van der Waals surface area contributed by atoms with Crippen LogP contribution in [0.15, 0.2) is 37.6 Å². The lowest BCUT2D eigenvalue weighted by molar-refractivity contribution is 0.489. The molecule has 0 atom stereocenters. The number of aromatic nitrogens is 7. The van der Waals surface area contributed by atoms with Crippen molar-refractivity contribution in [3.05, 3.63) is 45.1 Å². The maximum atomic E-state index is 12.6. The van der Waals surface area contributed by atoms with Crippen LogP contribution in [0.5, 0.6) is 0 Å². The Kier molecular flexibility index (Phi) is 6.87. The molecule has 0 unspecified atom stereocenters. The second-order valence-corrected chi connectivity index (χ2v) is 9.23. The fourth-order valence-electron chi connectivity index (χ4n) is 3.83. The minimum absolute atomic E-state index is 0.390. The van der Waals surface area contributed by atoms with Gasteiger partial charge in [-0.1, -0.05) is 39.0 Å². The highest BCUT2D eigenvalue weighted by molar-refractivity contribution is 7.98. The van der Waals surface area contributed by atoms with E-state index in [4.69, 9.17) is 9.40 Å². The number of rotatable bonds is 10. The van der Waals surface area contributed by atoms with Crippen LogP contribution in [0.25, 0.3) is 22.7 Å². The molecule has 176 valence electrons. The molecule has 10 nitrogen and oxygen atoms in total. The van der Waals surface area contributed by atoms with Crippen LogP contribution in [0.3, 0.4) is 0 Å². The van der Waals surface area contributed by atoms with E-state index >= 15 is 0 Å². The highest BCUT2D eigenvalue weighted by Crippen LogP contribution is 2.28. The number of aromatic amines is 1. The van der Waals surface area contributed by atoms with Gasteiger partial charge in [0.25, 0.3) is 5.56 Å². The molecule has 0 aromatic carbocycles. The Morgan fingerprint density at radius 3 is 2.64 bits per heavy atom. The fraction of sp³-hybridized carbons (Fsp3) is 0.500. The number of unbranched alkanes of at least 4 members (excludes halogenated alkanes) is 1. The van der Waals surface area contributed by atoms with Crippen molar-refractivity contribution in [1.82, 2.24) is 33.9 Å². The molecule has 1 N–H and O–H groups in total. The minimum atomic E-state index is -0.416. The summed E-state index contributed by atoms with van der Waals surface area (Å²) in [7, 11) is 0. The number of hydrogen-bond acceptors (Lipinski definition) is 7. The molecule has 4 aromatic rings. The van der Waals surface area contributed by atoms with Gasteiger partial charge in [0, 0.05) is 19.6 Å². The predicted octanol–water partition coefficient (Wildman–Crippen LogP) is 3.51. The Labute approximate surface area is 195 Å². The smallest absolute Gasteiger partial charge is 0.330 e. The van der Waals surface area contributed by atoms with Crippen molar-refractivity contribution in [1.29, 1.82) is 0 Å². The van der Waals surface area contributed by atoms with E-state index < -0.39 is 11.2 Å². The number of furan rings is 1. The molecule has 11 heteroatoms. The van der Waals surface area contributed by atoms with Crippen LogP contribution in [-0.2, 0) is 25.4 Å². The third-order valence-electron chi connectivity index (χ3n) is 5.35. The first-order chi connectivity index (χ1) is 15.9. The van der Waals surface area contributed by atoms with Gasteiger partial charge in [-0.25, -0.2) is 9.78 Å². The first-order valence-corrected chi connectivity index (χ1v) is 12.2. The van der Waals surface area contributed by atoms with Gasteiger partial charge in [-0.3, -0.25) is 18.9 Å². The third-order valence-corrected chi connectivity index (χ3v) is 6.32. The summed E-state index contributed by atoms with van der Waals surface area (Å²) >= 11 is 1.50. The van der Waals surface area contributed by atoms with Crippen molar-refractivity contribution in [2.45, 2.75) is 71.1 Å². The van der Waals surface area contributed by atoms with Crippen molar-refractivity contribution in [2.75, 3.05) is 0 Å². The summed E-state index contributed by atoms with van der Waals surface area (Å²) in [6.45, 7) is 10.1. The molecule has 0 radical (unpaired) electrons. The summed E-state index contributed by atoms with van der Waals surface area (Å²) in [5, 5.41) is 9.50. The molecule has 0 bridgehead atoms. The highest BCUT2D eigenvalue weighted by atomic mass is 32.2. The molecule has 0 aliphatic heterocycles. The molecule has 0 saturated carbocycles. The monoisotopic (exact) mass is 471 g/mol. The second-order valence-electron chi connectivity index (χ2n) is 8.29. The summed E-state index contributed by atoms with van der Waals surface area (Å²) in [6, 6.07) is 3.70. The van der Waals surface area contributed by atoms with E-state index in [9.17, 15) is 9.59 Å². The quantitative estimate of drug-likeness (QED) is 0.352. The second kappa shape index (κ2) is 9.82. The lowest BCUT2D eigenvalue weighted by Crippen LogP contribution is -2.31. The lowest BCUT2D eigenvalue weighted by Gasteiger charge is -2.11. The Morgan fingerprint density at radius 1 is 1.15 bits per heavy atom. The van der Waals surface area contributed by atoms with E-state index in [-0.39, 0.29) is 0 Å². The number of thioether (sulfide) groups is 1. The van der Waals surface area contributed by atoms with Crippen molar-refractivity contribution >= 4 is 22.9 Å². The molecule has 0 aliphatic carbocycles. The highest BCUT2D eigenvalue weighted by Gasteiger charge is 2.21. The molecular weight excluding hydrogens is 442 g/mol. The number of aryl methyl sites for hydroxylation is 2. The summed E-state index contributed by atoms with van der Waals surface area (Å²) in [4.78, 5) is 32.2. The molecule has 4 aromatic heterocycles. The average molecular weight is 472 g/mol. The maximum Gasteiger partial charge on any atom is 0.330 e. The zero-order valence-corrected chi connectivity index (χ0v) is 20.2. The predicted molar refractivity (Wildman–Crippen MR) is 127 cm³/mol. The molecule has 0 spiro atoms. The van der Waals surface area contributed by atoms with Gasteiger partial charge in [-0.2, -0.15) is 0 Å². The van der Waals surface area contributed by atoms with E-state index in [0.717, 1.165) is 30.4 Å². The summed E-state index contributed by atoms with van der Waals surface area (Å²) in [5.74, 6) is 2.95. The Balaban J connectivity index is 1.71. The Hall–Kier alpha value is -3.08. The normalized spacial score (nSPS) is 11.8. The standard InChI is InChI=1S/C22H29N7O3S/c1-5-7-10-28-19-17(20(30)24-21(28)31)27(6-2)16(23-19)13-33-22-26-25-18(15-9-8-11-32-15)29(22)12-14(3)4/h8-9,11,14H,5-7,10,12-13H2,1-4H3,(H,24,30,31). The number of hydrogen-bond donors (Lipinski definition) is 1. The van der Waals surface area contributed by atoms with Crippen LogP contribution in [0.1, 0.15) is 46.4 Å². The fourth-order valence-corrected chi connectivity index (χ4v) is 4.73. The number of H-pyrrole nitrogens is 1. The lowest BCUT2D eigenvalue weighted by atomic mass is 10.2. The molecule has 0 saturated heterocycles. The van der Waals surface area contributed by atoms with Crippen LogP contribution < -0.4 is 11.2 Å². The molecule has 0 amide bonds. The summed E-state index contributed by atoms with van der Waals surface area (Å²) in [6.07, 6.45) is 3.39. The number of fused-ring (bicyclic) bond motifs is 1. The van der Waals surface area contributed by atoms with E-state index in [1.165, 1.54) is 11.8 Å². The van der Waals surface area contributed by atoms with E-state index in [1.54, 1.807) is 10.8 Å². The number of imidazole rings is 1. The van der Waals surface area contributed by atoms with Crippen LogP contribution >= 0.6 is 11.8 Å². The molecule has 4 heterocycles. The van der Waals surface area contributed by atoms with Crippen LogP contribution in [0.4, 0.5) is 0 Å². The minimum Gasteiger partial charge on any atom is -0.461 e. The molecule has 0 fully saturated rings. The van der Waals surface area contributed by atoms with E-state index in [2.05, 4.69) is 40.5 Å². The molecule has 33 heavy (non-hydrogen) atoms. The van der Waals surface area contributed by atoms with Crippen molar-refractivity contribution in [2.24, 2.45) is 5.92 Å². The SMILES string of the molecule is CCCCn1c(=O)[nH]c(=O)c2c1nc(CSc1nnc(-c3ccco3)n1CC(C)C)n2CC. The number of nitrogens with one attached hydrogen (secondary N) is 1. The Morgan fingerprint density at radius 2 is 1.97 bits per heavy atom. The Bertz CT molecular complexity index is 1340. The topological polar surface area (TPSA) is 117 Å². The van der Waals surface area contributed by atoms with Crippen molar-refractivity contribution in [3.63, 3.8) is 0 Å². The molecule has 4 rings (SSSR count). The first kappa shape index (κ1) is 23.1. The van der Waals surface area contributed by atoms with E-state index in [0.29, 0.717) is 47.5 Å². The van der Waals surface area contributed by atoms with Gasteiger partial charge in [0.15, 0.2) is 27.9 Å². The first-order valence-electron chi connectivity index (χ1n) is 11.3. The summed E-state index contributed by atoms with van der Waals surface area (Å²) < 4.78 is 11.0. The number of nitrogens with zero attached hydrogens (tertiary/aromatic N) is 6. The van der Waals surface area contributed by atoms with Crippen molar-refractivity contribution in [3.8, 4) is 11.6 Å². The average Bonchev–Trinajstić information content (AvgIpc) is 3.50. The van der Waals surface area contributed by atoms with Gasteiger partial charge in [-0.15, -0.1) is 10.2 Å². The van der Waals surface area contributed by atoms with Crippen molar-refractivity contribution < 1.29 is 4.42 Å². The summed E-state index contributed by atoms with van der Waals surface area (Å²) in [5.41, 5.74) is 0.0513. The van der Waals surface area contributed by atoms with Gasteiger partial charge in [0.1, 0.15) is 5.82 Å². The molecule has 0 aliphatic rings. The van der Waals surface area contributed by atoms with Crippen LogP contribution in [0.2, 0.25) is 0 Å². The van der Waals surface area contributed by atoms with Crippen LogP contribution in [0, 0.1) is 5.92 Å².